The molecule has 0 atom stereocenters. The van der Waals surface area contributed by atoms with Crippen LogP contribution < -0.4 is 10.6 Å². The van der Waals surface area contributed by atoms with Gasteiger partial charge >= 0.3 is 0 Å². The third kappa shape index (κ3) is 2.99. The van der Waals surface area contributed by atoms with Crippen LogP contribution in [0.25, 0.3) is 0 Å². The van der Waals surface area contributed by atoms with Crippen LogP contribution in [0.5, 0.6) is 0 Å². The number of rotatable bonds is 4. The number of benzene rings is 1. The Labute approximate surface area is 122 Å². The van der Waals surface area contributed by atoms with Gasteiger partial charge in [0.1, 0.15) is 23.3 Å². The lowest BCUT2D eigenvalue weighted by molar-refractivity contribution is 0.628. The quantitative estimate of drug-likeness (QED) is 0.897. The molecule has 0 aliphatic carbocycles. The summed E-state index contributed by atoms with van der Waals surface area (Å²) in [5.41, 5.74) is 1.58. The van der Waals surface area contributed by atoms with Crippen LogP contribution in [0.1, 0.15) is 18.3 Å². The SMILES string of the molecule is CCc1nc(NC)c(C)c(Nc2ccc(F)c(Cl)c2)n1. The fraction of sp³-hybridized carbons (Fsp3) is 0.286. The normalized spacial score (nSPS) is 10.4. The second-order valence-electron chi connectivity index (χ2n) is 4.32. The van der Waals surface area contributed by atoms with Crippen LogP contribution in [-0.2, 0) is 6.42 Å². The molecule has 0 aliphatic heterocycles. The maximum atomic E-state index is 13.2. The molecule has 6 heteroatoms. The minimum absolute atomic E-state index is 0.0752. The van der Waals surface area contributed by atoms with Crippen LogP contribution in [0.2, 0.25) is 5.02 Å². The summed E-state index contributed by atoms with van der Waals surface area (Å²) in [4.78, 5) is 8.84. The van der Waals surface area contributed by atoms with E-state index in [2.05, 4.69) is 20.6 Å². The van der Waals surface area contributed by atoms with Gasteiger partial charge in [0, 0.05) is 24.7 Å². The molecular formula is C14H16ClFN4. The molecule has 1 aromatic carbocycles. The summed E-state index contributed by atoms with van der Waals surface area (Å²) in [5.74, 6) is 1.74. The van der Waals surface area contributed by atoms with E-state index in [1.807, 2.05) is 20.9 Å². The first kappa shape index (κ1) is 14.5. The minimum Gasteiger partial charge on any atom is -0.373 e. The standard InChI is InChI=1S/C14H16ClFN4/c1-4-12-19-13(17-3)8(2)14(20-12)18-9-5-6-11(16)10(15)7-9/h5-7H,4H2,1-3H3,(H2,17,18,19,20). The number of aromatic nitrogens is 2. The number of nitrogens with zero attached hydrogens (tertiary/aromatic N) is 2. The molecule has 0 saturated heterocycles. The van der Waals surface area contributed by atoms with Crippen molar-refractivity contribution >= 4 is 28.9 Å². The fourth-order valence-electron chi connectivity index (χ4n) is 1.80. The number of halogens is 2. The highest BCUT2D eigenvalue weighted by atomic mass is 35.5. The summed E-state index contributed by atoms with van der Waals surface area (Å²) >= 11 is 5.78. The zero-order chi connectivity index (χ0) is 14.7. The molecule has 0 bridgehead atoms. The van der Waals surface area contributed by atoms with Gasteiger partial charge in [-0.2, -0.15) is 0 Å². The number of hydrogen-bond acceptors (Lipinski definition) is 4. The average molecular weight is 295 g/mol. The molecule has 0 radical (unpaired) electrons. The van der Waals surface area contributed by atoms with Crippen molar-refractivity contribution in [2.75, 3.05) is 17.7 Å². The van der Waals surface area contributed by atoms with Crippen LogP contribution in [0.3, 0.4) is 0 Å². The van der Waals surface area contributed by atoms with E-state index in [-0.39, 0.29) is 5.02 Å². The van der Waals surface area contributed by atoms with Gasteiger partial charge in [-0.05, 0) is 25.1 Å². The molecule has 106 valence electrons. The minimum atomic E-state index is -0.443. The lowest BCUT2D eigenvalue weighted by Gasteiger charge is -2.13. The Hall–Kier alpha value is -1.88. The van der Waals surface area contributed by atoms with E-state index in [1.165, 1.54) is 12.1 Å². The Morgan fingerprint density at radius 1 is 1.25 bits per heavy atom. The number of nitrogens with one attached hydrogen (secondary N) is 2. The van der Waals surface area contributed by atoms with E-state index in [4.69, 9.17) is 11.6 Å². The summed E-state index contributed by atoms with van der Waals surface area (Å²) in [6.45, 7) is 3.90. The third-order valence-electron chi connectivity index (χ3n) is 2.93. The van der Waals surface area contributed by atoms with E-state index in [1.54, 1.807) is 6.07 Å². The first-order valence-corrected chi connectivity index (χ1v) is 6.70. The summed E-state index contributed by atoms with van der Waals surface area (Å²) in [6, 6.07) is 4.47. The number of hydrogen-bond donors (Lipinski definition) is 2. The van der Waals surface area contributed by atoms with Crippen molar-refractivity contribution in [3.63, 3.8) is 0 Å². The molecule has 2 N–H and O–H groups in total. The number of aryl methyl sites for hydroxylation is 1. The molecule has 0 saturated carbocycles. The van der Waals surface area contributed by atoms with E-state index < -0.39 is 5.82 Å². The predicted molar refractivity (Wildman–Crippen MR) is 80.4 cm³/mol. The first-order valence-electron chi connectivity index (χ1n) is 6.32. The van der Waals surface area contributed by atoms with Crippen LogP contribution in [0.4, 0.5) is 21.7 Å². The third-order valence-corrected chi connectivity index (χ3v) is 3.22. The van der Waals surface area contributed by atoms with Crippen molar-refractivity contribution < 1.29 is 4.39 Å². The van der Waals surface area contributed by atoms with Gasteiger partial charge in [-0.25, -0.2) is 14.4 Å². The van der Waals surface area contributed by atoms with Gasteiger partial charge in [-0.1, -0.05) is 18.5 Å². The molecule has 0 unspecified atom stereocenters. The molecule has 2 rings (SSSR count). The molecule has 0 amide bonds. The lowest BCUT2D eigenvalue weighted by Crippen LogP contribution is -2.06. The first-order chi connectivity index (χ1) is 9.55. The molecular weight excluding hydrogens is 279 g/mol. The molecule has 0 fully saturated rings. The van der Waals surface area contributed by atoms with Crippen molar-refractivity contribution in [3.8, 4) is 0 Å². The van der Waals surface area contributed by atoms with Crippen molar-refractivity contribution in [3.05, 3.63) is 40.4 Å². The van der Waals surface area contributed by atoms with Crippen LogP contribution in [0.15, 0.2) is 18.2 Å². The fourth-order valence-corrected chi connectivity index (χ4v) is 1.98. The van der Waals surface area contributed by atoms with Crippen molar-refractivity contribution in [1.82, 2.24) is 9.97 Å². The van der Waals surface area contributed by atoms with Crippen molar-refractivity contribution in [2.45, 2.75) is 20.3 Å². The smallest absolute Gasteiger partial charge is 0.141 e. The zero-order valence-corrected chi connectivity index (χ0v) is 12.3. The largest absolute Gasteiger partial charge is 0.373 e. The molecule has 2 aromatic rings. The highest BCUT2D eigenvalue weighted by Gasteiger charge is 2.10. The highest BCUT2D eigenvalue weighted by molar-refractivity contribution is 6.31. The van der Waals surface area contributed by atoms with E-state index in [0.717, 1.165) is 23.6 Å². The Kier molecular flexibility index (Phi) is 4.39. The van der Waals surface area contributed by atoms with E-state index in [0.29, 0.717) is 11.5 Å². The Morgan fingerprint density at radius 2 is 1.95 bits per heavy atom. The molecule has 0 spiro atoms. The summed E-state index contributed by atoms with van der Waals surface area (Å²) < 4.78 is 13.2. The van der Waals surface area contributed by atoms with Crippen LogP contribution >= 0.6 is 11.6 Å². The van der Waals surface area contributed by atoms with Gasteiger partial charge in [-0.3, -0.25) is 0 Å². The Bertz CT molecular complexity index is 631. The number of anilines is 3. The second-order valence-corrected chi connectivity index (χ2v) is 4.73. The van der Waals surface area contributed by atoms with E-state index in [9.17, 15) is 4.39 Å². The maximum Gasteiger partial charge on any atom is 0.141 e. The highest BCUT2D eigenvalue weighted by Crippen LogP contribution is 2.26. The molecule has 0 aliphatic rings. The average Bonchev–Trinajstić information content (AvgIpc) is 2.45. The summed E-state index contributed by atoms with van der Waals surface area (Å²) in [6.07, 6.45) is 0.730. The van der Waals surface area contributed by atoms with Gasteiger partial charge in [0.25, 0.3) is 0 Å². The van der Waals surface area contributed by atoms with Crippen molar-refractivity contribution in [1.29, 1.82) is 0 Å². The van der Waals surface area contributed by atoms with Gasteiger partial charge in [0.15, 0.2) is 0 Å². The van der Waals surface area contributed by atoms with E-state index >= 15 is 0 Å². The van der Waals surface area contributed by atoms with Gasteiger partial charge in [0.05, 0.1) is 5.02 Å². The Balaban J connectivity index is 2.39. The molecule has 4 nitrogen and oxygen atoms in total. The van der Waals surface area contributed by atoms with Crippen molar-refractivity contribution in [2.24, 2.45) is 0 Å². The zero-order valence-electron chi connectivity index (χ0n) is 11.6. The molecule has 1 heterocycles. The Morgan fingerprint density at radius 3 is 2.55 bits per heavy atom. The summed E-state index contributed by atoms with van der Waals surface area (Å²) in [7, 11) is 1.81. The maximum absolute atomic E-state index is 13.2. The van der Waals surface area contributed by atoms with Crippen LogP contribution in [-0.4, -0.2) is 17.0 Å². The predicted octanol–water partition coefficient (Wildman–Crippen LogP) is 3.93. The molecule has 1 aromatic heterocycles. The van der Waals surface area contributed by atoms with Gasteiger partial charge < -0.3 is 10.6 Å². The van der Waals surface area contributed by atoms with Gasteiger partial charge in [-0.15, -0.1) is 0 Å². The second kappa shape index (κ2) is 6.05. The van der Waals surface area contributed by atoms with Crippen LogP contribution in [0, 0.1) is 12.7 Å². The van der Waals surface area contributed by atoms with Gasteiger partial charge in [0.2, 0.25) is 0 Å². The molecule has 20 heavy (non-hydrogen) atoms. The monoisotopic (exact) mass is 294 g/mol. The topological polar surface area (TPSA) is 49.8 Å². The summed E-state index contributed by atoms with van der Waals surface area (Å²) in [5, 5.41) is 6.26. The lowest BCUT2D eigenvalue weighted by atomic mass is 10.2.